The zero-order valence-corrected chi connectivity index (χ0v) is 9.63. The first-order valence-corrected chi connectivity index (χ1v) is 5.84. The van der Waals surface area contributed by atoms with Crippen molar-refractivity contribution in [3.63, 3.8) is 0 Å². The van der Waals surface area contributed by atoms with Crippen LogP contribution >= 0.6 is 11.3 Å². The molecule has 0 aliphatic carbocycles. The highest BCUT2D eigenvalue weighted by atomic mass is 32.1. The van der Waals surface area contributed by atoms with Crippen LogP contribution in [0.4, 0.5) is 0 Å². The highest BCUT2D eigenvalue weighted by Crippen LogP contribution is 2.24. The lowest BCUT2D eigenvalue weighted by atomic mass is 9.92. The molecule has 0 saturated carbocycles. The first kappa shape index (κ1) is 10.6. The van der Waals surface area contributed by atoms with Crippen molar-refractivity contribution in [2.24, 2.45) is 11.8 Å². The van der Waals surface area contributed by atoms with E-state index < -0.39 is 0 Å². The van der Waals surface area contributed by atoms with Gasteiger partial charge in [-0.3, -0.25) is 4.79 Å². The first-order valence-electron chi connectivity index (χ1n) is 4.97. The second-order valence-electron chi connectivity index (χ2n) is 3.81. The molecule has 1 saturated heterocycles. The van der Waals surface area contributed by atoms with Crippen molar-refractivity contribution in [1.82, 2.24) is 10.3 Å². The third-order valence-corrected chi connectivity index (χ3v) is 3.57. The quantitative estimate of drug-likeness (QED) is 0.787. The zero-order valence-electron chi connectivity index (χ0n) is 8.82. The molecule has 1 aromatic rings. The molecular formula is C10H14N2O2S. The fraction of sp³-hybridized carbons (Fsp3) is 0.600. The van der Waals surface area contributed by atoms with E-state index in [-0.39, 0.29) is 11.7 Å². The van der Waals surface area contributed by atoms with Crippen molar-refractivity contribution in [1.29, 1.82) is 0 Å². The van der Waals surface area contributed by atoms with Crippen LogP contribution in [-0.4, -0.2) is 31.0 Å². The molecule has 2 rings (SSSR count). The minimum atomic E-state index is 0.0665. The SMILES string of the molecule is COc1nc(C(=O)C2CNCC2C)cs1. The Morgan fingerprint density at radius 3 is 3.00 bits per heavy atom. The van der Waals surface area contributed by atoms with Crippen molar-refractivity contribution in [2.75, 3.05) is 20.2 Å². The van der Waals surface area contributed by atoms with Gasteiger partial charge >= 0.3 is 0 Å². The lowest BCUT2D eigenvalue weighted by molar-refractivity contribution is 0.0902. The zero-order chi connectivity index (χ0) is 10.8. The lowest BCUT2D eigenvalue weighted by Crippen LogP contribution is -2.21. The highest BCUT2D eigenvalue weighted by Gasteiger charge is 2.31. The van der Waals surface area contributed by atoms with Gasteiger partial charge < -0.3 is 10.1 Å². The van der Waals surface area contributed by atoms with Gasteiger partial charge in [0.2, 0.25) is 0 Å². The molecule has 0 spiro atoms. The van der Waals surface area contributed by atoms with Crippen LogP contribution in [0.15, 0.2) is 5.38 Å². The Hall–Kier alpha value is -0.940. The Bertz CT molecular complexity index is 364. The summed E-state index contributed by atoms with van der Waals surface area (Å²) in [5.41, 5.74) is 0.539. The van der Waals surface area contributed by atoms with E-state index in [1.807, 2.05) is 0 Å². The number of hydrogen-bond acceptors (Lipinski definition) is 5. The summed E-state index contributed by atoms with van der Waals surface area (Å²) < 4.78 is 4.97. The van der Waals surface area contributed by atoms with E-state index >= 15 is 0 Å². The van der Waals surface area contributed by atoms with Crippen LogP contribution in [0.25, 0.3) is 0 Å². The number of nitrogens with one attached hydrogen (secondary N) is 1. The Balaban J connectivity index is 2.13. The molecule has 0 bridgehead atoms. The summed E-state index contributed by atoms with van der Waals surface area (Å²) in [5.74, 6) is 0.592. The van der Waals surface area contributed by atoms with Crippen LogP contribution < -0.4 is 10.1 Å². The van der Waals surface area contributed by atoms with Gasteiger partial charge in [0.25, 0.3) is 5.19 Å². The van der Waals surface area contributed by atoms with Crippen molar-refractivity contribution in [3.05, 3.63) is 11.1 Å². The number of aromatic nitrogens is 1. The minimum absolute atomic E-state index is 0.0665. The molecule has 1 aliphatic heterocycles. The topological polar surface area (TPSA) is 51.2 Å². The lowest BCUT2D eigenvalue weighted by Gasteiger charge is -2.10. The van der Waals surface area contributed by atoms with Crippen molar-refractivity contribution in [3.8, 4) is 5.19 Å². The molecule has 0 radical (unpaired) electrons. The largest absolute Gasteiger partial charge is 0.473 e. The number of carbonyl (C=O) groups excluding carboxylic acids is 1. The van der Waals surface area contributed by atoms with Gasteiger partial charge in [-0.2, -0.15) is 4.98 Å². The summed E-state index contributed by atoms with van der Waals surface area (Å²) in [6, 6.07) is 0. The molecule has 1 aromatic heterocycles. The summed E-state index contributed by atoms with van der Waals surface area (Å²) >= 11 is 1.36. The van der Waals surface area contributed by atoms with Gasteiger partial charge in [0, 0.05) is 17.8 Å². The minimum Gasteiger partial charge on any atom is -0.473 e. The van der Waals surface area contributed by atoms with Crippen LogP contribution in [0.2, 0.25) is 0 Å². The third kappa shape index (κ3) is 2.03. The molecule has 2 heterocycles. The number of carbonyl (C=O) groups is 1. The number of thiazole rings is 1. The van der Waals surface area contributed by atoms with E-state index in [0.717, 1.165) is 13.1 Å². The van der Waals surface area contributed by atoms with Crippen molar-refractivity contribution < 1.29 is 9.53 Å². The molecule has 1 fully saturated rings. The Kier molecular flexibility index (Phi) is 3.02. The summed E-state index contributed by atoms with van der Waals surface area (Å²) in [6.07, 6.45) is 0. The molecule has 0 amide bonds. The smallest absolute Gasteiger partial charge is 0.273 e. The van der Waals surface area contributed by atoms with Gasteiger partial charge in [0.05, 0.1) is 7.11 Å². The summed E-state index contributed by atoms with van der Waals surface area (Å²) in [4.78, 5) is 16.2. The predicted molar refractivity (Wildman–Crippen MR) is 58.5 cm³/mol. The molecule has 2 unspecified atom stereocenters. The summed E-state index contributed by atoms with van der Waals surface area (Å²) in [6.45, 7) is 3.77. The van der Waals surface area contributed by atoms with Gasteiger partial charge in [0.1, 0.15) is 5.69 Å². The number of methoxy groups -OCH3 is 1. The van der Waals surface area contributed by atoms with Gasteiger partial charge in [-0.15, -0.1) is 0 Å². The highest BCUT2D eigenvalue weighted by molar-refractivity contribution is 7.11. The number of rotatable bonds is 3. The van der Waals surface area contributed by atoms with E-state index in [4.69, 9.17) is 4.74 Å². The van der Waals surface area contributed by atoms with Crippen molar-refractivity contribution >= 4 is 17.1 Å². The third-order valence-electron chi connectivity index (χ3n) is 2.76. The van der Waals surface area contributed by atoms with Crippen LogP contribution in [0.1, 0.15) is 17.4 Å². The molecule has 1 N–H and O–H groups in total. The maximum Gasteiger partial charge on any atom is 0.273 e. The van der Waals surface area contributed by atoms with Crippen LogP contribution in [-0.2, 0) is 0 Å². The number of hydrogen-bond donors (Lipinski definition) is 1. The monoisotopic (exact) mass is 226 g/mol. The molecule has 0 aromatic carbocycles. The molecule has 4 nitrogen and oxygen atoms in total. The van der Waals surface area contributed by atoms with Gasteiger partial charge in [-0.05, 0) is 12.5 Å². The standard InChI is InChI=1S/C10H14N2O2S/c1-6-3-11-4-7(6)9(13)8-5-15-10(12-8)14-2/h5-7,11H,3-4H2,1-2H3. The summed E-state index contributed by atoms with van der Waals surface area (Å²) in [7, 11) is 1.56. The normalized spacial score (nSPS) is 25.5. The van der Waals surface area contributed by atoms with Crippen molar-refractivity contribution in [2.45, 2.75) is 6.92 Å². The van der Waals surface area contributed by atoms with Crippen LogP contribution in [0.5, 0.6) is 5.19 Å². The number of ketones is 1. The van der Waals surface area contributed by atoms with Gasteiger partial charge in [-0.1, -0.05) is 18.3 Å². The fourth-order valence-corrected chi connectivity index (χ4v) is 2.44. The number of nitrogens with zero attached hydrogens (tertiary/aromatic N) is 1. The predicted octanol–water partition coefficient (Wildman–Crippen LogP) is 1.19. The average Bonchev–Trinajstić information content (AvgIpc) is 2.84. The maximum absolute atomic E-state index is 12.0. The second kappa shape index (κ2) is 4.28. The average molecular weight is 226 g/mol. The van der Waals surface area contributed by atoms with Gasteiger partial charge in [-0.25, -0.2) is 0 Å². The Labute approximate surface area is 92.7 Å². The van der Waals surface area contributed by atoms with Gasteiger partial charge in [0.15, 0.2) is 5.78 Å². The molecule has 15 heavy (non-hydrogen) atoms. The Morgan fingerprint density at radius 2 is 2.47 bits per heavy atom. The molecule has 1 aliphatic rings. The Morgan fingerprint density at radius 1 is 1.67 bits per heavy atom. The second-order valence-corrected chi connectivity index (χ2v) is 4.63. The first-order chi connectivity index (χ1) is 7.22. The van der Waals surface area contributed by atoms with Crippen LogP contribution in [0, 0.1) is 11.8 Å². The van der Waals surface area contributed by atoms with E-state index in [9.17, 15) is 4.79 Å². The molecular weight excluding hydrogens is 212 g/mol. The van der Waals surface area contributed by atoms with E-state index in [0.29, 0.717) is 16.8 Å². The molecule has 82 valence electrons. The maximum atomic E-state index is 12.0. The number of Topliss-reactive ketones (excluding diaryl/α,β-unsaturated/α-hetero) is 1. The molecule has 5 heteroatoms. The number of ether oxygens (including phenoxy) is 1. The fourth-order valence-electron chi connectivity index (χ4n) is 1.82. The van der Waals surface area contributed by atoms with E-state index in [1.165, 1.54) is 11.3 Å². The summed E-state index contributed by atoms with van der Waals surface area (Å²) in [5, 5.41) is 5.54. The van der Waals surface area contributed by atoms with E-state index in [2.05, 4.69) is 17.2 Å². The van der Waals surface area contributed by atoms with Crippen LogP contribution in [0.3, 0.4) is 0 Å². The van der Waals surface area contributed by atoms with E-state index in [1.54, 1.807) is 12.5 Å². The molecule has 2 atom stereocenters.